The molecule has 3 aromatic rings. The van der Waals surface area contributed by atoms with Gasteiger partial charge in [0.05, 0.1) is 6.04 Å². The van der Waals surface area contributed by atoms with Crippen LogP contribution < -0.4 is 88.0 Å². The summed E-state index contributed by atoms with van der Waals surface area (Å²) in [6.07, 6.45) is 2.15. The highest BCUT2D eigenvalue weighted by Gasteiger charge is 2.37. The summed E-state index contributed by atoms with van der Waals surface area (Å²) in [5.41, 5.74) is 41.9. The molecular weight excluding hydrogens is 1220 g/mol. The molecule has 11 atom stereocenters. The van der Waals surface area contributed by atoms with Gasteiger partial charge in [-0.3, -0.25) is 53.1 Å². The summed E-state index contributed by atoms with van der Waals surface area (Å²) in [6.45, 7) is 8.79. The predicted octanol–water partition coefficient (Wildman–Crippen LogP) is -1.72. The normalized spacial score (nSPS) is 14.5. The lowest BCUT2D eigenvalue weighted by Gasteiger charge is -2.30. The Morgan fingerprint density at radius 3 is 1.22 bits per heavy atom. The van der Waals surface area contributed by atoms with E-state index in [0.29, 0.717) is 49.8 Å². The first-order valence-corrected chi connectivity index (χ1v) is 32.3. The third kappa shape index (κ3) is 30.0. The molecule has 95 heavy (non-hydrogen) atoms. The Balaban J connectivity index is 1.94. The van der Waals surface area contributed by atoms with E-state index in [9.17, 15) is 58.2 Å². The summed E-state index contributed by atoms with van der Waals surface area (Å²) < 4.78 is 0. The molecule has 0 saturated carbocycles. The molecule has 524 valence electrons. The topological polar surface area (TPSA) is 526 Å². The zero-order valence-corrected chi connectivity index (χ0v) is 55.2. The van der Waals surface area contributed by atoms with Crippen LogP contribution in [0.1, 0.15) is 122 Å². The molecule has 3 aromatic carbocycles. The van der Waals surface area contributed by atoms with Crippen molar-refractivity contribution in [2.45, 2.75) is 185 Å². The van der Waals surface area contributed by atoms with Crippen molar-refractivity contribution in [3.63, 3.8) is 0 Å². The average molecular weight is 1330 g/mol. The van der Waals surface area contributed by atoms with Crippen molar-refractivity contribution in [1.29, 1.82) is 0 Å². The van der Waals surface area contributed by atoms with E-state index >= 15 is 0 Å². The number of hydrogen-bond acceptors (Lipinski definition) is 16. The van der Waals surface area contributed by atoms with Gasteiger partial charge >= 0.3 is 5.97 Å². The minimum Gasteiger partial charge on any atom is -0.508 e. The lowest BCUT2D eigenvalue weighted by Crippen LogP contribution is -2.61. The van der Waals surface area contributed by atoms with Crippen LogP contribution in [0.2, 0.25) is 0 Å². The Labute approximate surface area is 555 Å². The number of carboxylic acid groups (broad SMARTS) is 1. The first-order chi connectivity index (χ1) is 45.2. The standard InChI is InChI=1S/C65H102N18O12/c1-6-39(4)53(83-61(92)52(38(2)3)82-60(91)51(36-42-21-11-8-12-22-42)81-55(86)45(68)35-41-19-9-7-10-20-41)62(93)75-40(5)54(85)80-50(37-43-27-29-44(84)30-28-43)59(90)78-48(26-18-34-74-65(71)72)57(88)77-47(25-17-33-73-64(69)70)56(87)76-46(23-13-15-31-66)58(89)79-49(63(94)95)24-14-16-32-67/h7-12,19-22,27-30,38-40,45-53,84H,6,13-18,23-26,31-37,66-68H2,1-5H3,(H,75,93)(H,76,87)(H,77,88)(H,78,90)(H,79,89)(H,80,85)(H,81,86)(H,82,91)(H,83,92)(H,94,95)(H4,69,70,73)(H4,71,72,74)/t39-,40-,45-,46-,47-,48-,49-,50-,51-,52-,53-/m0/s1. The molecule has 30 heteroatoms. The fourth-order valence-electron chi connectivity index (χ4n) is 9.92. The molecule has 0 heterocycles. The number of phenolic OH excluding ortho intramolecular Hbond substituents is 1. The fraction of sp³-hybridized carbons (Fsp3) is 0.538. The minimum absolute atomic E-state index is 0.0102. The largest absolute Gasteiger partial charge is 0.508 e. The van der Waals surface area contributed by atoms with Crippen LogP contribution in [0.5, 0.6) is 5.75 Å². The highest BCUT2D eigenvalue weighted by molar-refractivity contribution is 5.99. The average Bonchev–Trinajstić information content (AvgIpc) is 1.14. The lowest BCUT2D eigenvalue weighted by atomic mass is 9.95. The van der Waals surface area contributed by atoms with Crippen LogP contribution in [0.25, 0.3) is 0 Å². The number of carbonyl (C=O) groups excluding carboxylic acids is 9. The Kier molecular flexibility index (Phi) is 35.9. The molecule has 0 aliphatic carbocycles. The molecule has 0 aromatic heterocycles. The number of guanidine groups is 2. The van der Waals surface area contributed by atoms with Gasteiger partial charge in [-0.2, -0.15) is 0 Å². The minimum atomic E-state index is -1.49. The monoisotopic (exact) mass is 1330 g/mol. The van der Waals surface area contributed by atoms with E-state index in [2.05, 4.69) is 57.8 Å². The number of aliphatic imine (C=N–C) groups is 2. The van der Waals surface area contributed by atoms with Crippen molar-refractivity contribution >= 4 is 71.1 Å². The van der Waals surface area contributed by atoms with E-state index in [1.807, 2.05) is 30.3 Å². The van der Waals surface area contributed by atoms with Crippen LogP contribution in [-0.4, -0.2) is 168 Å². The second-order valence-electron chi connectivity index (χ2n) is 23.9. The van der Waals surface area contributed by atoms with Gasteiger partial charge in [-0.15, -0.1) is 0 Å². The zero-order valence-electron chi connectivity index (χ0n) is 55.2. The summed E-state index contributed by atoms with van der Waals surface area (Å²) in [6, 6.07) is 10.8. The molecule has 9 amide bonds. The summed E-state index contributed by atoms with van der Waals surface area (Å²) in [4.78, 5) is 148. The molecule has 3 rings (SSSR count). The van der Waals surface area contributed by atoms with Gasteiger partial charge in [-0.1, -0.05) is 107 Å². The maximum atomic E-state index is 14.7. The number of phenols is 1. The fourth-order valence-corrected chi connectivity index (χ4v) is 9.92. The summed E-state index contributed by atoms with van der Waals surface area (Å²) in [5, 5.41) is 44.2. The Hall–Kier alpha value is -9.42. The molecule has 0 fully saturated rings. The van der Waals surface area contributed by atoms with Crippen molar-refractivity contribution in [3.8, 4) is 5.75 Å². The van der Waals surface area contributed by atoms with Crippen LogP contribution in [0.15, 0.2) is 94.9 Å². The van der Waals surface area contributed by atoms with Crippen LogP contribution in [0.3, 0.4) is 0 Å². The highest BCUT2D eigenvalue weighted by Crippen LogP contribution is 2.16. The number of benzene rings is 3. The number of nitrogens with zero attached hydrogens (tertiary/aromatic N) is 2. The van der Waals surface area contributed by atoms with Crippen LogP contribution >= 0.6 is 0 Å². The number of carbonyl (C=O) groups is 10. The number of hydrogen-bond donors (Lipinski definition) is 18. The van der Waals surface area contributed by atoms with Gasteiger partial charge in [0.1, 0.15) is 60.1 Å². The molecule has 0 spiro atoms. The molecule has 0 radical (unpaired) electrons. The van der Waals surface area contributed by atoms with Gasteiger partial charge in [0, 0.05) is 25.9 Å². The number of aromatic hydroxyl groups is 1. The number of unbranched alkanes of at least 4 members (excludes halogenated alkanes) is 2. The van der Waals surface area contributed by atoms with Crippen molar-refractivity contribution in [2.24, 2.45) is 62.0 Å². The Morgan fingerprint density at radius 2 is 0.789 bits per heavy atom. The summed E-state index contributed by atoms with van der Waals surface area (Å²) in [5.74, 6) is -10.1. The van der Waals surface area contributed by atoms with Gasteiger partial charge in [-0.25, -0.2) is 4.79 Å². The molecule has 0 saturated heterocycles. The van der Waals surface area contributed by atoms with Crippen LogP contribution in [0.4, 0.5) is 0 Å². The van der Waals surface area contributed by atoms with Gasteiger partial charge < -0.3 is 98.2 Å². The lowest BCUT2D eigenvalue weighted by molar-refractivity contribution is -0.142. The van der Waals surface area contributed by atoms with Gasteiger partial charge in [0.25, 0.3) is 0 Å². The van der Waals surface area contributed by atoms with E-state index < -0.39 is 131 Å². The van der Waals surface area contributed by atoms with Crippen molar-refractivity contribution in [2.75, 3.05) is 26.2 Å². The Morgan fingerprint density at radius 1 is 0.421 bits per heavy atom. The van der Waals surface area contributed by atoms with E-state index in [4.69, 9.17) is 40.1 Å². The summed E-state index contributed by atoms with van der Waals surface area (Å²) in [7, 11) is 0. The van der Waals surface area contributed by atoms with Gasteiger partial charge in [0.15, 0.2) is 11.9 Å². The quantitative estimate of drug-likeness (QED) is 0.0170. The maximum absolute atomic E-state index is 14.7. The molecule has 0 unspecified atom stereocenters. The molecule has 30 nitrogen and oxygen atoms in total. The second kappa shape index (κ2) is 42.7. The molecule has 0 aliphatic rings. The maximum Gasteiger partial charge on any atom is 0.326 e. The number of aliphatic carboxylic acids is 1. The van der Waals surface area contributed by atoms with Gasteiger partial charge in [0.2, 0.25) is 53.2 Å². The van der Waals surface area contributed by atoms with E-state index in [0.717, 1.165) is 5.56 Å². The SMILES string of the molecule is CC[C@H](C)[C@H](NC(=O)[C@@H](NC(=O)[C@H](Cc1ccccc1)NC(=O)[C@@H](N)Cc1ccccc1)C(C)C)C(=O)N[C@@H](C)C(=O)N[C@@H](Cc1ccc(O)cc1)C(=O)N[C@@H](CCCN=C(N)N)C(=O)N[C@@H](CCCN=C(N)N)C(=O)N[C@@H](CCCCN)C(=O)N[C@@H](CCCCN)C(=O)O. The number of amides is 9. The predicted molar refractivity (Wildman–Crippen MR) is 361 cm³/mol. The third-order valence-electron chi connectivity index (χ3n) is 15.7. The van der Waals surface area contributed by atoms with Crippen molar-refractivity contribution in [3.05, 3.63) is 102 Å². The van der Waals surface area contributed by atoms with Crippen molar-refractivity contribution < 1.29 is 58.2 Å². The first-order valence-electron chi connectivity index (χ1n) is 32.3. The van der Waals surface area contributed by atoms with Gasteiger partial charge in [-0.05, 0) is 131 Å². The molecule has 0 bridgehead atoms. The van der Waals surface area contributed by atoms with E-state index in [1.54, 1.807) is 58.0 Å². The Bertz CT molecular complexity index is 2990. The number of nitrogens with two attached hydrogens (primary N) is 7. The third-order valence-corrected chi connectivity index (χ3v) is 15.7. The van der Waals surface area contributed by atoms with Crippen LogP contribution in [0, 0.1) is 11.8 Å². The highest BCUT2D eigenvalue weighted by atomic mass is 16.4. The van der Waals surface area contributed by atoms with Crippen LogP contribution in [-0.2, 0) is 67.2 Å². The number of carboxylic acids is 1. The first kappa shape index (κ1) is 79.8. The smallest absolute Gasteiger partial charge is 0.326 e. The van der Waals surface area contributed by atoms with E-state index in [1.165, 1.54) is 31.2 Å². The zero-order chi connectivity index (χ0) is 70.6. The van der Waals surface area contributed by atoms with E-state index in [-0.39, 0.29) is 95.1 Å². The van der Waals surface area contributed by atoms with Crippen molar-refractivity contribution in [1.82, 2.24) is 47.9 Å². The number of rotatable bonds is 44. The number of nitrogens with one attached hydrogen (secondary N) is 9. The molecular formula is C65H102N18O12. The second-order valence-corrected chi connectivity index (χ2v) is 23.9. The molecule has 0 aliphatic heterocycles. The molecule has 25 N–H and O–H groups in total. The summed E-state index contributed by atoms with van der Waals surface area (Å²) >= 11 is 0.